The zero-order valence-corrected chi connectivity index (χ0v) is 16.3. The van der Waals surface area contributed by atoms with Gasteiger partial charge >= 0.3 is 5.97 Å². The monoisotopic (exact) mass is 410 g/mol. The lowest BCUT2D eigenvalue weighted by Crippen LogP contribution is -2.57. The fourth-order valence-corrected chi connectivity index (χ4v) is 2.45. The second-order valence-electron chi connectivity index (χ2n) is 5.44. The first-order valence-electron chi connectivity index (χ1n) is 7.78. The highest BCUT2D eigenvalue weighted by atomic mass is 32.2. The molecule has 0 spiro atoms. The van der Waals surface area contributed by atoms with Crippen molar-refractivity contribution in [2.75, 3.05) is 24.4 Å². The summed E-state index contributed by atoms with van der Waals surface area (Å²) < 4.78 is 0. The van der Waals surface area contributed by atoms with Crippen molar-refractivity contribution in [2.24, 2.45) is 5.73 Å². The number of carboxylic acid groups (broad SMARTS) is 1. The second-order valence-corrected chi connectivity index (χ2v) is 6.79. The topological polar surface area (TPSA) is 171 Å². The Balaban J connectivity index is 4.66. The first kappa shape index (κ1) is 24.5. The average molecular weight is 411 g/mol. The highest BCUT2D eigenvalue weighted by Gasteiger charge is 2.27. The number of carbonyl (C=O) groups excluding carboxylic acids is 3. The highest BCUT2D eigenvalue weighted by Crippen LogP contribution is 1.99. The minimum Gasteiger partial charge on any atom is -0.480 e. The molecule has 10 nitrogen and oxygen atoms in total. The maximum Gasteiger partial charge on any atom is 0.327 e. The van der Waals surface area contributed by atoms with Gasteiger partial charge in [0.25, 0.3) is 0 Å². The van der Waals surface area contributed by atoms with E-state index in [2.05, 4.69) is 28.6 Å². The van der Waals surface area contributed by atoms with Crippen LogP contribution in [0, 0.1) is 0 Å². The van der Waals surface area contributed by atoms with Gasteiger partial charge in [0, 0.05) is 5.75 Å². The van der Waals surface area contributed by atoms with Crippen LogP contribution >= 0.6 is 24.4 Å². The lowest BCUT2D eigenvalue weighted by Gasteiger charge is -2.22. The first-order valence-corrected chi connectivity index (χ1v) is 9.80. The van der Waals surface area contributed by atoms with Gasteiger partial charge in [-0.3, -0.25) is 14.4 Å². The van der Waals surface area contributed by atoms with E-state index < -0.39 is 54.5 Å². The molecule has 0 aromatic carbocycles. The number of carboxylic acids is 1. The van der Waals surface area contributed by atoms with E-state index in [0.717, 1.165) is 0 Å². The molecule has 0 aliphatic rings. The molecule has 0 aliphatic heterocycles. The van der Waals surface area contributed by atoms with Gasteiger partial charge in [-0.2, -0.15) is 24.4 Å². The molecule has 0 fully saturated rings. The van der Waals surface area contributed by atoms with Crippen LogP contribution in [0.5, 0.6) is 0 Å². The molecule has 3 amide bonds. The van der Waals surface area contributed by atoms with Crippen molar-refractivity contribution >= 4 is 48.1 Å². The average Bonchev–Trinajstić information content (AvgIpc) is 2.60. The molecule has 0 aliphatic carbocycles. The maximum atomic E-state index is 12.1. The van der Waals surface area contributed by atoms with Gasteiger partial charge in [0.1, 0.15) is 18.1 Å². The predicted octanol–water partition coefficient (Wildman–Crippen LogP) is -2.45. The minimum atomic E-state index is -1.28. The van der Waals surface area contributed by atoms with Crippen molar-refractivity contribution in [3.63, 3.8) is 0 Å². The molecule has 0 aromatic rings. The largest absolute Gasteiger partial charge is 0.480 e. The number of nitrogens with one attached hydrogen (secondary N) is 3. The van der Waals surface area contributed by atoms with Crippen LogP contribution in [0.25, 0.3) is 0 Å². The number of nitrogens with two attached hydrogens (primary N) is 1. The predicted molar refractivity (Wildman–Crippen MR) is 101 cm³/mol. The minimum absolute atomic E-state index is 0.120. The summed E-state index contributed by atoms with van der Waals surface area (Å²) in [5.74, 6) is -2.83. The van der Waals surface area contributed by atoms with Gasteiger partial charge in [0.15, 0.2) is 0 Å². The Bertz CT molecular complexity index is 508. The van der Waals surface area contributed by atoms with Gasteiger partial charge in [0.05, 0.1) is 12.6 Å². The Labute approximate surface area is 161 Å². The number of aliphatic hydroxyl groups excluding tert-OH is 1. The normalized spacial score (nSPS) is 15.3. The number of hydrogen-bond donors (Lipinski definition) is 7. The number of carbonyl (C=O) groups is 4. The molecule has 4 unspecified atom stereocenters. The number of aliphatic hydroxyl groups is 1. The van der Waals surface area contributed by atoms with Gasteiger partial charge < -0.3 is 31.9 Å². The van der Waals surface area contributed by atoms with E-state index >= 15 is 0 Å². The van der Waals surface area contributed by atoms with E-state index in [1.54, 1.807) is 0 Å². The van der Waals surface area contributed by atoms with Crippen LogP contribution in [-0.2, 0) is 19.2 Å². The van der Waals surface area contributed by atoms with Crippen molar-refractivity contribution in [3.05, 3.63) is 0 Å². The summed E-state index contributed by atoms with van der Waals surface area (Å²) >= 11 is 5.34. The van der Waals surface area contributed by atoms with E-state index in [-0.39, 0.29) is 5.75 Å². The summed E-state index contributed by atoms with van der Waals surface area (Å²) in [4.78, 5) is 46.8. The van der Waals surface area contributed by atoms with Gasteiger partial charge in [-0.15, -0.1) is 0 Å². The molecule has 0 heterocycles. The molecule has 4 atom stereocenters. The van der Waals surface area contributed by atoms with E-state index in [9.17, 15) is 24.3 Å². The summed E-state index contributed by atoms with van der Waals surface area (Å²) in [5, 5.41) is 25.0. The SMILES string of the molecule is CSCCC(N)C(=O)NC(CO)C(=O)NC(C)C(=O)NC(CS)C(=O)O. The molecule has 12 heteroatoms. The van der Waals surface area contributed by atoms with Crippen molar-refractivity contribution in [3.8, 4) is 0 Å². The molecule has 0 rings (SSSR count). The smallest absolute Gasteiger partial charge is 0.327 e. The lowest BCUT2D eigenvalue weighted by atomic mass is 10.2. The van der Waals surface area contributed by atoms with Crippen molar-refractivity contribution in [1.29, 1.82) is 0 Å². The molecule has 0 aromatic heterocycles. The molecule has 0 radical (unpaired) electrons. The molecule has 26 heavy (non-hydrogen) atoms. The van der Waals surface area contributed by atoms with E-state index in [1.165, 1.54) is 18.7 Å². The van der Waals surface area contributed by atoms with E-state index in [4.69, 9.17) is 10.8 Å². The van der Waals surface area contributed by atoms with Crippen molar-refractivity contribution in [1.82, 2.24) is 16.0 Å². The van der Waals surface area contributed by atoms with Crippen LogP contribution < -0.4 is 21.7 Å². The van der Waals surface area contributed by atoms with Crippen LogP contribution in [-0.4, -0.2) is 82.4 Å². The van der Waals surface area contributed by atoms with E-state index in [1.807, 2.05) is 6.26 Å². The number of amides is 3. The third-order valence-corrected chi connectivity index (χ3v) is 4.34. The summed E-state index contributed by atoms with van der Waals surface area (Å²) in [5.41, 5.74) is 5.69. The molecule has 150 valence electrons. The Morgan fingerprint density at radius 2 is 1.65 bits per heavy atom. The Hall–Kier alpha value is -1.50. The van der Waals surface area contributed by atoms with Crippen LogP contribution in [0.4, 0.5) is 0 Å². The third kappa shape index (κ3) is 8.74. The van der Waals surface area contributed by atoms with Crippen molar-refractivity contribution < 1.29 is 29.4 Å². The van der Waals surface area contributed by atoms with Crippen LogP contribution in [0.2, 0.25) is 0 Å². The fourth-order valence-electron chi connectivity index (χ4n) is 1.71. The Morgan fingerprint density at radius 3 is 2.12 bits per heavy atom. The Morgan fingerprint density at radius 1 is 1.08 bits per heavy atom. The summed E-state index contributed by atoms with van der Waals surface area (Å²) in [6.07, 6.45) is 2.27. The number of hydrogen-bond acceptors (Lipinski definition) is 8. The maximum absolute atomic E-state index is 12.1. The summed E-state index contributed by atoms with van der Waals surface area (Å²) in [7, 11) is 0. The molecular formula is C14H26N4O6S2. The first-order chi connectivity index (χ1) is 12.2. The molecule has 0 saturated heterocycles. The molecule has 0 bridgehead atoms. The molecule has 0 saturated carbocycles. The molecular weight excluding hydrogens is 384 g/mol. The fraction of sp³-hybridized carbons (Fsp3) is 0.714. The van der Waals surface area contributed by atoms with Crippen LogP contribution in [0.1, 0.15) is 13.3 Å². The number of thioether (sulfide) groups is 1. The zero-order valence-electron chi connectivity index (χ0n) is 14.6. The number of rotatable bonds is 12. The van der Waals surface area contributed by atoms with Crippen LogP contribution in [0.15, 0.2) is 0 Å². The third-order valence-electron chi connectivity index (χ3n) is 3.33. The highest BCUT2D eigenvalue weighted by molar-refractivity contribution is 7.98. The van der Waals surface area contributed by atoms with Crippen molar-refractivity contribution in [2.45, 2.75) is 37.5 Å². The number of aliphatic carboxylic acids is 1. The quantitative estimate of drug-likeness (QED) is 0.174. The Kier molecular flexibility index (Phi) is 12.1. The van der Waals surface area contributed by atoms with Gasteiger partial charge in [-0.1, -0.05) is 0 Å². The summed E-state index contributed by atoms with van der Waals surface area (Å²) in [6, 6.07) is -4.39. The van der Waals surface area contributed by atoms with Gasteiger partial charge in [0.2, 0.25) is 17.7 Å². The van der Waals surface area contributed by atoms with Crippen LogP contribution in [0.3, 0.4) is 0 Å². The zero-order chi connectivity index (χ0) is 20.3. The second kappa shape index (κ2) is 12.8. The van der Waals surface area contributed by atoms with E-state index in [0.29, 0.717) is 12.2 Å². The van der Waals surface area contributed by atoms with Gasteiger partial charge in [-0.25, -0.2) is 4.79 Å². The number of thiol groups is 1. The van der Waals surface area contributed by atoms with Gasteiger partial charge in [-0.05, 0) is 25.4 Å². The lowest BCUT2D eigenvalue weighted by molar-refractivity contribution is -0.141. The molecule has 7 N–H and O–H groups in total. The standard InChI is InChI=1S/C14H26N4O6S2/c1-7(11(20)18-10(6-25)14(23)24)16-13(22)9(5-19)17-12(21)8(15)3-4-26-2/h7-10,19,25H,3-6,15H2,1-2H3,(H,16,22)(H,17,21)(H,18,20)(H,23,24). The summed E-state index contributed by atoms with van der Waals surface area (Å²) in [6.45, 7) is 0.653.